The molecule has 0 radical (unpaired) electrons. The summed E-state index contributed by atoms with van der Waals surface area (Å²) in [6.07, 6.45) is 0. The van der Waals surface area contributed by atoms with Gasteiger partial charge >= 0.3 is 0 Å². The predicted octanol–water partition coefficient (Wildman–Crippen LogP) is 7.97. The highest BCUT2D eigenvalue weighted by molar-refractivity contribution is 6.15. The van der Waals surface area contributed by atoms with Crippen LogP contribution in [-0.2, 0) is 7.05 Å². The van der Waals surface area contributed by atoms with Crippen molar-refractivity contribution >= 4 is 21.9 Å². The summed E-state index contributed by atoms with van der Waals surface area (Å²) in [5.74, 6) is 0.317. The number of benzene rings is 3. The van der Waals surface area contributed by atoms with E-state index in [0.717, 1.165) is 27.9 Å². The van der Waals surface area contributed by atoms with E-state index < -0.39 is 18.1 Å². The van der Waals surface area contributed by atoms with E-state index in [0.29, 0.717) is 39.2 Å². The molecule has 0 amide bonds. The van der Waals surface area contributed by atoms with Crippen LogP contribution < -0.4 is 4.57 Å². The summed E-state index contributed by atoms with van der Waals surface area (Å²) >= 11 is 0. The lowest BCUT2D eigenvalue weighted by Crippen LogP contribution is -2.36. The molecule has 0 aliphatic heterocycles. The van der Waals surface area contributed by atoms with E-state index in [1.165, 1.54) is 11.1 Å². The zero-order valence-corrected chi connectivity index (χ0v) is 21.2. The van der Waals surface area contributed by atoms with Crippen LogP contribution in [0.2, 0.25) is 0 Å². The molecule has 3 heteroatoms. The highest BCUT2D eigenvalue weighted by Gasteiger charge is 2.27. The van der Waals surface area contributed by atoms with Gasteiger partial charge in [-0.05, 0) is 55.0 Å². The lowest BCUT2D eigenvalue weighted by Gasteiger charge is -2.14. The highest BCUT2D eigenvalue weighted by atomic mass is 16.3. The average molecular weight is 465 g/mol. The van der Waals surface area contributed by atoms with Crippen LogP contribution in [0.5, 0.6) is 0 Å². The summed E-state index contributed by atoms with van der Waals surface area (Å²) in [4.78, 5) is 0. The predicted molar refractivity (Wildman–Crippen MR) is 144 cm³/mol. The number of nitriles is 1. The van der Waals surface area contributed by atoms with Gasteiger partial charge in [-0.15, -0.1) is 0 Å². The molecule has 0 atom stereocenters. The fourth-order valence-corrected chi connectivity index (χ4v) is 5.17. The van der Waals surface area contributed by atoms with Gasteiger partial charge in [-0.1, -0.05) is 56.2 Å². The van der Waals surface area contributed by atoms with Gasteiger partial charge in [-0.2, -0.15) is 9.83 Å². The quantitative estimate of drug-likeness (QED) is 0.254. The number of aryl methyl sites for hydroxylation is 2. The molecule has 2 heterocycles. The van der Waals surface area contributed by atoms with E-state index >= 15 is 0 Å². The lowest BCUT2D eigenvalue weighted by atomic mass is 9.92. The van der Waals surface area contributed by atoms with Gasteiger partial charge in [0.25, 0.3) is 0 Å². The SMILES string of the molecule is [2H]c1c([2H])c([2H])c(-c2c(C)cc(C#N)c3c2oc2c(-c4cc(C(C)C)c(C)c(C)[n+]4C)c(C)ccc23)c([2H])c1[2H]. The summed E-state index contributed by atoms with van der Waals surface area (Å²) < 4.78 is 50.7. The van der Waals surface area contributed by atoms with Gasteiger partial charge in [-0.3, -0.25) is 0 Å². The summed E-state index contributed by atoms with van der Waals surface area (Å²) in [6, 6.07) is 8.27. The fraction of sp³-hybridized carbons (Fsp3) is 0.250. The van der Waals surface area contributed by atoms with E-state index in [-0.39, 0.29) is 17.6 Å². The molecular weight excluding hydrogens is 428 g/mol. The zero-order chi connectivity index (χ0) is 29.4. The van der Waals surface area contributed by atoms with Crippen LogP contribution in [-0.4, -0.2) is 0 Å². The lowest BCUT2D eigenvalue weighted by molar-refractivity contribution is -0.667. The molecule has 3 aromatic carbocycles. The number of rotatable bonds is 3. The first-order chi connectivity index (χ1) is 18.8. The van der Waals surface area contributed by atoms with Crippen molar-refractivity contribution in [1.82, 2.24) is 0 Å². The van der Waals surface area contributed by atoms with E-state index in [4.69, 9.17) is 11.3 Å². The summed E-state index contributed by atoms with van der Waals surface area (Å²) in [5, 5.41) is 11.4. The third-order valence-corrected chi connectivity index (χ3v) is 7.20. The molecule has 5 aromatic rings. The van der Waals surface area contributed by atoms with Crippen LogP contribution in [0.3, 0.4) is 0 Å². The van der Waals surface area contributed by atoms with Crippen LogP contribution >= 0.6 is 0 Å². The maximum Gasteiger partial charge on any atom is 0.216 e. The second-order valence-electron chi connectivity index (χ2n) is 9.58. The number of nitrogens with zero attached hydrogens (tertiary/aromatic N) is 2. The van der Waals surface area contributed by atoms with Crippen molar-refractivity contribution in [3.63, 3.8) is 0 Å². The van der Waals surface area contributed by atoms with Crippen molar-refractivity contribution < 1.29 is 15.8 Å². The van der Waals surface area contributed by atoms with Crippen molar-refractivity contribution in [3.05, 3.63) is 88.0 Å². The van der Waals surface area contributed by atoms with Gasteiger partial charge in [-0.25, -0.2) is 0 Å². The van der Waals surface area contributed by atoms with Crippen LogP contribution in [0.1, 0.15) is 60.1 Å². The molecule has 3 nitrogen and oxygen atoms in total. The van der Waals surface area contributed by atoms with Crippen molar-refractivity contribution in [2.45, 2.75) is 47.5 Å². The third kappa shape index (κ3) is 3.44. The molecule has 0 saturated heterocycles. The molecule has 0 N–H and O–H groups in total. The Kier molecular flexibility index (Phi) is 4.20. The zero-order valence-electron chi connectivity index (χ0n) is 26.2. The maximum atomic E-state index is 10.1. The largest absolute Gasteiger partial charge is 0.454 e. The minimum Gasteiger partial charge on any atom is -0.454 e. The first-order valence-corrected chi connectivity index (χ1v) is 11.8. The minimum atomic E-state index is -0.452. The van der Waals surface area contributed by atoms with Gasteiger partial charge in [0, 0.05) is 34.9 Å². The second kappa shape index (κ2) is 8.40. The van der Waals surface area contributed by atoms with E-state index in [1.807, 2.05) is 26.1 Å². The van der Waals surface area contributed by atoms with Gasteiger partial charge in [0.2, 0.25) is 5.69 Å². The Hall–Kier alpha value is -3.90. The Morgan fingerprint density at radius 2 is 1.66 bits per heavy atom. The Bertz CT molecular complexity index is 1920. The molecule has 174 valence electrons. The smallest absolute Gasteiger partial charge is 0.216 e. The second-order valence-corrected chi connectivity index (χ2v) is 9.58. The third-order valence-electron chi connectivity index (χ3n) is 7.20. The molecule has 0 bridgehead atoms. The Balaban J connectivity index is 2.00. The van der Waals surface area contributed by atoms with E-state index in [2.05, 4.69) is 44.4 Å². The topological polar surface area (TPSA) is 40.8 Å². The molecule has 0 aliphatic carbocycles. The molecule has 0 spiro atoms. The van der Waals surface area contributed by atoms with Gasteiger partial charge in [0.05, 0.1) is 24.0 Å². The molecular formula is C32H31N2O+. The number of pyridine rings is 1. The number of fused-ring (bicyclic) bond motifs is 3. The van der Waals surface area contributed by atoms with Crippen LogP contribution in [0, 0.1) is 39.0 Å². The number of furan rings is 1. The van der Waals surface area contributed by atoms with Crippen LogP contribution in [0.25, 0.3) is 44.3 Å². The van der Waals surface area contributed by atoms with E-state index in [1.54, 1.807) is 13.0 Å². The molecule has 2 aromatic heterocycles. The number of hydrogen-bond donors (Lipinski definition) is 0. The molecule has 0 aliphatic rings. The first-order valence-electron chi connectivity index (χ1n) is 14.3. The average Bonchev–Trinajstić information content (AvgIpc) is 3.30. The number of hydrogen-bond acceptors (Lipinski definition) is 2. The van der Waals surface area contributed by atoms with Crippen molar-refractivity contribution in [2.24, 2.45) is 7.05 Å². The maximum absolute atomic E-state index is 10.1. The summed E-state index contributed by atoms with van der Waals surface area (Å²) in [7, 11) is 2.03. The van der Waals surface area contributed by atoms with Gasteiger partial charge in [0.15, 0.2) is 5.69 Å². The molecule has 0 saturated carbocycles. The first kappa shape index (κ1) is 17.5. The highest BCUT2D eigenvalue weighted by Crippen LogP contribution is 2.43. The molecule has 5 rings (SSSR count). The van der Waals surface area contributed by atoms with Crippen LogP contribution in [0.4, 0.5) is 0 Å². The Morgan fingerprint density at radius 3 is 2.31 bits per heavy atom. The van der Waals surface area contributed by atoms with Crippen LogP contribution in [0.15, 0.2) is 58.9 Å². The van der Waals surface area contributed by atoms with Gasteiger partial charge < -0.3 is 4.42 Å². The van der Waals surface area contributed by atoms with Crippen molar-refractivity contribution in [3.8, 4) is 28.5 Å². The van der Waals surface area contributed by atoms with Crippen molar-refractivity contribution in [1.29, 1.82) is 5.26 Å². The van der Waals surface area contributed by atoms with Crippen molar-refractivity contribution in [2.75, 3.05) is 0 Å². The summed E-state index contributed by atoms with van der Waals surface area (Å²) in [5.41, 5.74) is 8.90. The summed E-state index contributed by atoms with van der Waals surface area (Å²) in [6.45, 7) is 12.4. The Labute approximate surface area is 214 Å². The molecule has 35 heavy (non-hydrogen) atoms. The fourth-order valence-electron chi connectivity index (χ4n) is 5.17. The van der Waals surface area contributed by atoms with Gasteiger partial charge in [0.1, 0.15) is 18.2 Å². The Morgan fingerprint density at radius 1 is 0.943 bits per heavy atom. The standard InChI is InChI=1S/C32H31N2O/c1-18(2)26-16-27(34(7)22(6)21(26)5)29-19(3)13-14-25-30-24(17-33)15-20(4)28(32(30)35-31(25)29)23-11-9-8-10-12-23/h8-16,18H,1-7H3/q+1/i8D,9D,10D,11D,12D. The minimum absolute atomic E-state index is 0.0640. The monoisotopic (exact) mass is 464 g/mol. The number of aromatic nitrogens is 1. The molecule has 0 fully saturated rings. The normalized spacial score (nSPS) is 13.5. The van der Waals surface area contributed by atoms with E-state index in [9.17, 15) is 5.26 Å². The molecule has 0 unspecified atom stereocenters.